The molecule has 6 rings (SSSR count). The third kappa shape index (κ3) is 5.23. The van der Waals surface area contributed by atoms with Gasteiger partial charge in [-0.25, -0.2) is 0 Å². The summed E-state index contributed by atoms with van der Waals surface area (Å²) in [5.41, 5.74) is 0.272. The highest BCUT2D eigenvalue weighted by molar-refractivity contribution is 7.09. The topological polar surface area (TPSA) is 103 Å². The maximum absolute atomic E-state index is 14.3. The number of amides is 2. The van der Waals surface area contributed by atoms with Gasteiger partial charge < -0.3 is 29.2 Å². The van der Waals surface area contributed by atoms with Crippen molar-refractivity contribution in [1.82, 2.24) is 10.2 Å². The van der Waals surface area contributed by atoms with Gasteiger partial charge in [0.2, 0.25) is 18.6 Å². The number of esters is 1. The summed E-state index contributed by atoms with van der Waals surface area (Å²) in [4.78, 5) is 44.0. The van der Waals surface area contributed by atoms with Gasteiger partial charge in [0.05, 0.1) is 32.4 Å². The van der Waals surface area contributed by atoms with E-state index in [1.54, 1.807) is 16.2 Å². The van der Waals surface area contributed by atoms with Gasteiger partial charge in [0.15, 0.2) is 11.5 Å². The maximum Gasteiger partial charge on any atom is 0.320 e. The zero-order valence-corrected chi connectivity index (χ0v) is 24.4. The number of benzene rings is 1. The molecular formula is C31H36N2O7S. The SMILES string of the molecule is COC(=O)[C@@]12C[C@H](CC(=O)NCc3cccs3)C(=O)N(Cc3ccc4c(c3)OCO4)C1=C[C@@H](C(C)C)O[C@H]2C1CC1. The van der Waals surface area contributed by atoms with Crippen LogP contribution < -0.4 is 14.8 Å². The maximum atomic E-state index is 14.3. The third-order valence-electron chi connectivity index (χ3n) is 8.55. The van der Waals surface area contributed by atoms with Crippen LogP contribution in [0.3, 0.4) is 0 Å². The zero-order valence-electron chi connectivity index (χ0n) is 23.6. The van der Waals surface area contributed by atoms with Crippen LogP contribution in [0, 0.1) is 23.2 Å². The second kappa shape index (κ2) is 11.1. The summed E-state index contributed by atoms with van der Waals surface area (Å²) in [5.74, 6) is 0.0507. The van der Waals surface area contributed by atoms with Crippen molar-refractivity contribution >= 4 is 29.1 Å². The van der Waals surface area contributed by atoms with Gasteiger partial charge >= 0.3 is 5.97 Å². The fraction of sp³-hybridized carbons (Fsp3) is 0.516. The Kier molecular flexibility index (Phi) is 7.54. The molecule has 10 heteroatoms. The smallest absolute Gasteiger partial charge is 0.320 e. The van der Waals surface area contributed by atoms with Crippen LogP contribution in [-0.2, 0) is 36.9 Å². The molecule has 218 valence electrons. The average Bonchev–Trinajstić information content (AvgIpc) is 3.46. The Balaban J connectivity index is 1.38. The molecule has 1 N–H and O–H groups in total. The van der Waals surface area contributed by atoms with Gasteiger partial charge in [0.1, 0.15) is 5.41 Å². The van der Waals surface area contributed by atoms with Crippen LogP contribution in [0.2, 0.25) is 0 Å². The van der Waals surface area contributed by atoms with E-state index in [2.05, 4.69) is 19.2 Å². The summed E-state index contributed by atoms with van der Waals surface area (Å²) < 4.78 is 23.2. The minimum Gasteiger partial charge on any atom is -0.468 e. The summed E-state index contributed by atoms with van der Waals surface area (Å²) in [6.07, 6.45) is 3.28. The second-order valence-corrected chi connectivity index (χ2v) is 12.7. The number of hydrogen-bond donors (Lipinski definition) is 1. The number of ether oxygens (including phenoxy) is 4. The van der Waals surface area contributed by atoms with Gasteiger partial charge in [0, 0.05) is 22.9 Å². The number of carbonyl (C=O) groups excluding carboxylic acids is 3. The minimum absolute atomic E-state index is 0.0289. The molecule has 1 aromatic carbocycles. The molecule has 0 bridgehead atoms. The Morgan fingerprint density at radius 1 is 1.20 bits per heavy atom. The molecule has 0 unspecified atom stereocenters. The molecule has 41 heavy (non-hydrogen) atoms. The minimum atomic E-state index is -1.19. The third-order valence-corrected chi connectivity index (χ3v) is 9.43. The van der Waals surface area contributed by atoms with Gasteiger partial charge in [-0.05, 0) is 66.3 Å². The quantitative estimate of drug-likeness (QED) is 0.439. The monoisotopic (exact) mass is 580 g/mol. The first-order chi connectivity index (χ1) is 19.8. The van der Waals surface area contributed by atoms with Crippen LogP contribution in [-0.4, -0.2) is 48.8 Å². The van der Waals surface area contributed by atoms with Crippen molar-refractivity contribution in [1.29, 1.82) is 0 Å². The van der Waals surface area contributed by atoms with Crippen LogP contribution in [0.1, 0.15) is 50.0 Å². The molecule has 2 fully saturated rings. The number of methoxy groups -OCH3 is 1. The summed E-state index contributed by atoms with van der Waals surface area (Å²) >= 11 is 1.56. The molecule has 9 nitrogen and oxygen atoms in total. The van der Waals surface area contributed by atoms with Crippen LogP contribution in [0.5, 0.6) is 11.5 Å². The van der Waals surface area contributed by atoms with E-state index < -0.39 is 23.4 Å². The predicted molar refractivity (Wildman–Crippen MR) is 151 cm³/mol. The summed E-state index contributed by atoms with van der Waals surface area (Å²) in [7, 11) is 1.38. The Bertz CT molecular complexity index is 1350. The molecule has 2 amide bonds. The molecule has 1 aromatic heterocycles. The highest BCUT2D eigenvalue weighted by atomic mass is 32.1. The van der Waals surface area contributed by atoms with Crippen LogP contribution in [0.4, 0.5) is 0 Å². The fourth-order valence-corrected chi connectivity index (χ4v) is 6.97. The summed E-state index contributed by atoms with van der Waals surface area (Å²) in [5, 5.41) is 4.91. The highest BCUT2D eigenvalue weighted by Crippen LogP contribution is 2.57. The van der Waals surface area contributed by atoms with E-state index in [4.69, 9.17) is 18.9 Å². The van der Waals surface area contributed by atoms with Crippen molar-refractivity contribution in [3.63, 3.8) is 0 Å². The Morgan fingerprint density at radius 2 is 2.00 bits per heavy atom. The average molecular weight is 581 g/mol. The van der Waals surface area contributed by atoms with E-state index in [1.165, 1.54) is 7.11 Å². The predicted octanol–water partition coefficient (Wildman–Crippen LogP) is 4.41. The lowest BCUT2D eigenvalue weighted by molar-refractivity contribution is -0.182. The molecule has 4 atom stereocenters. The van der Waals surface area contributed by atoms with Gasteiger partial charge in [-0.2, -0.15) is 0 Å². The number of fused-ring (bicyclic) bond motifs is 2. The molecule has 1 saturated heterocycles. The van der Waals surface area contributed by atoms with Crippen molar-refractivity contribution in [3.05, 3.63) is 57.9 Å². The molecular weight excluding hydrogens is 544 g/mol. The Hall–Kier alpha value is -3.37. The van der Waals surface area contributed by atoms with E-state index in [9.17, 15) is 14.4 Å². The summed E-state index contributed by atoms with van der Waals surface area (Å²) in [6, 6.07) is 9.49. The second-order valence-electron chi connectivity index (χ2n) is 11.7. The van der Waals surface area contributed by atoms with Gasteiger partial charge in [-0.1, -0.05) is 26.0 Å². The van der Waals surface area contributed by atoms with E-state index in [1.807, 2.05) is 41.8 Å². The molecule has 3 aliphatic heterocycles. The Labute approximate surface area is 243 Å². The first-order valence-corrected chi connectivity index (χ1v) is 15.1. The number of thiophene rings is 1. The van der Waals surface area contributed by atoms with Gasteiger partial charge in [-0.15, -0.1) is 11.3 Å². The molecule has 2 aromatic rings. The van der Waals surface area contributed by atoms with Gasteiger partial charge in [-0.3, -0.25) is 14.4 Å². The number of piperidine rings is 1. The first-order valence-electron chi connectivity index (χ1n) is 14.2. The largest absolute Gasteiger partial charge is 0.468 e. The van der Waals surface area contributed by atoms with Crippen LogP contribution in [0.15, 0.2) is 47.5 Å². The lowest BCUT2D eigenvalue weighted by atomic mass is 9.64. The highest BCUT2D eigenvalue weighted by Gasteiger charge is 2.63. The molecule has 0 spiro atoms. The number of carbonyl (C=O) groups is 3. The van der Waals surface area contributed by atoms with Crippen molar-refractivity contribution in [3.8, 4) is 11.5 Å². The lowest BCUT2D eigenvalue weighted by Crippen LogP contribution is -2.61. The normalized spacial score (nSPS) is 26.9. The molecule has 4 aliphatic rings. The van der Waals surface area contributed by atoms with E-state index in [0.717, 1.165) is 23.3 Å². The number of hydrogen-bond acceptors (Lipinski definition) is 8. The van der Waals surface area contributed by atoms with Crippen LogP contribution in [0.25, 0.3) is 0 Å². The first kappa shape index (κ1) is 27.8. The van der Waals surface area contributed by atoms with Crippen LogP contribution >= 0.6 is 11.3 Å². The van der Waals surface area contributed by atoms with E-state index in [-0.39, 0.29) is 55.9 Å². The lowest BCUT2D eigenvalue weighted by Gasteiger charge is -2.53. The van der Waals surface area contributed by atoms with Gasteiger partial charge in [0.25, 0.3) is 0 Å². The fourth-order valence-electron chi connectivity index (χ4n) is 6.33. The number of likely N-dealkylation sites (tertiary alicyclic amines) is 1. The molecule has 4 heterocycles. The van der Waals surface area contributed by atoms with E-state index >= 15 is 0 Å². The van der Waals surface area contributed by atoms with Crippen molar-refractivity contribution < 1.29 is 33.3 Å². The Morgan fingerprint density at radius 3 is 2.71 bits per heavy atom. The van der Waals surface area contributed by atoms with Crippen molar-refractivity contribution in [2.24, 2.45) is 23.2 Å². The molecule has 0 radical (unpaired) electrons. The van der Waals surface area contributed by atoms with Crippen molar-refractivity contribution in [2.45, 2.75) is 64.8 Å². The van der Waals surface area contributed by atoms with Crippen molar-refractivity contribution in [2.75, 3.05) is 13.9 Å². The zero-order chi connectivity index (χ0) is 28.7. The standard InChI is InChI=1S/C31H36N2O7S/c1-18(2)24-13-26-31(30(36)37-3,28(40-24)20-7-8-20)14-21(12-27(34)32-15-22-5-4-10-41-22)29(35)33(26)16-19-6-9-23-25(11-19)39-17-38-23/h4-6,9-11,13,18,20-21,24,28H,7-8,12,14-17H2,1-3H3,(H,32,34)/t21-,24-,28-,31-/m0/s1. The summed E-state index contributed by atoms with van der Waals surface area (Å²) in [6.45, 7) is 4.91. The molecule has 1 saturated carbocycles. The number of rotatable bonds is 9. The number of nitrogens with one attached hydrogen (secondary N) is 1. The molecule has 1 aliphatic carbocycles. The number of nitrogens with zero attached hydrogens (tertiary/aromatic N) is 1. The van der Waals surface area contributed by atoms with E-state index in [0.29, 0.717) is 23.7 Å².